The number of aliphatic hydroxyl groups excluding tert-OH is 1. The predicted octanol–water partition coefficient (Wildman–Crippen LogP) is 5.72. The lowest BCUT2D eigenvalue weighted by molar-refractivity contribution is 0.145. The lowest BCUT2D eigenvalue weighted by atomic mass is 10.0. The third kappa shape index (κ3) is 4.23. The first-order valence-electron chi connectivity index (χ1n) is 9.20. The van der Waals surface area contributed by atoms with Crippen LogP contribution in [0, 0.1) is 5.92 Å². The average molecular weight is 341 g/mol. The van der Waals surface area contributed by atoms with Crippen LogP contribution in [0.25, 0.3) is 0 Å². The number of unbranched alkanes of at least 4 members (excludes halogenated alkanes) is 1. The zero-order chi connectivity index (χ0) is 16.8. The third-order valence-corrected chi connectivity index (χ3v) is 6.83. The van der Waals surface area contributed by atoms with E-state index in [2.05, 4.69) is 67.6 Å². The summed E-state index contributed by atoms with van der Waals surface area (Å²) in [6.45, 7) is 2.20. The van der Waals surface area contributed by atoms with Crippen LogP contribution >= 0.6 is 11.8 Å². The Labute approximate surface area is 150 Å². The van der Waals surface area contributed by atoms with E-state index < -0.39 is 0 Å². The van der Waals surface area contributed by atoms with E-state index in [0.717, 1.165) is 32.1 Å². The van der Waals surface area contributed by atoms with Crippen LogP contribution in [-0.2, 0) is 6.42 Å². The van der Waals surface area contributed by atoms with Gasteiger partial charge in [0.25, 0.3) is 0 Å². The highest BCUT2D eigenvalue weighted by molar-refractivity contribution is 8.01. The monoisotopic (exact) mass is 340 g/mol. The Bertz CT molecular complexity index is 612. The van der Waals surface area contributed by atoms with Gasteiger partial charge in [-0.05, 0) is 49.3 Å². The number of hydrogen-bond acceptors (Lipinski definition) is 2. The summed E-state index contributed by atoms with van der Waals surface area (Å²) in [4.78, 5) is 1.29. The first kappa shape index (κ1) is 17.6. The van der Waals surface area contributed by atoms with Crippen molar-refractivity contribution in [1.82, 2.24) is 0 Å². The predicted molar refractivity (Wildman–Crippen MR) is 103 cm³/mol. The van der Waals surface area contributed by atoms with Crippen molar-refractivity contribution in [2.75, 3.05) is 0 Å². The van der Waals surface area contributed by atoms with Gasteiger partial charge in [0, 0.05) is 9.64 Å². The number of hydrogen-bond donors (Lipinski definition) is 1. The van der Waals surface area contributed by atoms with Gasteiger partial charge in [-0.15, -0.1) is 11.8 Å². The van der Waals surface area contributed by atoms with Crippen molar-refractivity contribution >= 4 is 11.8 Å². The maximum atomic E-state index is 10.9. The van der Waals surface area contributed by atoms with E-state index in [0.29, 0.717) is 5.92 Å². The van der Waals surface area contributed by atoms with Gasteiger partial charge in [0.05, 0.1) is 6.10 Å². The molecule has 128 valence electrons. The minimum Gasteiger partial charge on any atom is -0.392 e. The molecule has 3 atom stereocenters. The maximum Gasteiger partial charge on any atom is 0.0693 e. The van der Waals surface area contributed by atoms with Crippen LogP contribution in [0.1, 0.15) is 44.6 Å². The fourth-order valence-electron chi connectivity index (χ4n) is 3.61. The Morgan fingerprint density at radius 3 is 2.42 bits per heavy atom. The van der Waals surface area contributed by atoms with Crippen molar-refractivity contribution in [2.24, 2.45) is 5.92 Å². The SMILES string of the molecule is CCCC[C@H](O)[C@@]1(Sc2ccccc2)C[C@@H]1CCc1ccccc1. The van der Waals surface area contributed by atoms with Crippen LogP contribution in [0.4, 0.5) is 0 Å². The molecule has 3 rings (SSSR count). The summed E-state index contributed by atoms with van der Waals surface area (Å²) in [5.74, 6) is 0.620. The van der Waals surface area contributed by atoms with Crippen LogP contribution in [0.2, 0.25) is 0 Å². The fraction of sp³-hybridized carbons (Fsp3) is 0.455. The molecule has 0 unspecified atom stereocenters. The second kappa shape index (κ2) is 8.22. The van der Waals surface area contributed by atoms with E-state index in [1.807, 2.05) is 11.8 Å². The molecule has 1 N–H and O–H groups in total. The minimum absolute atomic E-state index is 0.0330. The van der Waals surface area contributed by atoms with Gasteiger partial charge in [0.15, 0.2) is 0 Å². The molecular weight excluding hydrogens is 312 g/mol. The smallest absolute Gasteiger partial charge is 0.0693 e. The van der Waals surface area contributed by atoms with Gasteiger partial charge in [-0.1, -0.05) is 68.3 Å². The second-order valence-corrected chi connectivity index (χ2v) is 8.39. The normalized spacial score (nSPS) is 23.8. The maximum absolute atomic E-state index is 10.9. The molecule has 2 heteroatoms. The third-order valence-electron chi connectivity index (χ3n) is 5.17. The Kier molecular flexibility index (Phi) is 6.02. The lowest BCUT2D eigenvalue weighted by Crippen LogP contribution is -2.27. The molecular formula is C22H28OS. The number of aryl methyl sites for hydroxylation is 1. The summed E-state index contributed by atoms with van der Waals surface area (Å²) in [6.07, 6.45) is 6.43. The van der Waals surface area contributed by atoms with Crippen LogP contribution < -0.4 is 0 Å². The Morgan fingerprint density at radius 1 is 1.08 bits per heavy atom. The van der Waals surface area contributed by atoms with E-state index in [1.165, 1.54) is 16.9 Å². The Balaban J connectivity index is 1.65. The van der Waals surface area contributed by atoms with Gasteiger partial charge >= 0.3 is 0 Å². The quantitative estimate of drug-likeness (QED) is 0.630. The summed E-state index contributed by atoms with van der Waals surface area (Å²) in [6, 6.07) is 21.3. The van der Waals surface area contributed by atoms with Crippen molar-refractivity contribution in [3.05, 3.63) is 66.2 Å². The minimum atomic E-state index is -0.191. The molecule has 0 saturated heterocycles. The summed E-state index contributed by atoms with van der Waals surface area (Å²) < 4.78 is 0.0330. The molecule has 0 aliphatic heterocycles. The highest BCUT2D eigenvalue weighted by Gasteiger charge is 2.58. The number of rotatable bonds is 9. The second-order valence-electron chi connectivity index (χ2n) is 6.95. The topological polar surface area (TPSA) is 20.2 Å². The van der Waals surface area contributed by atoms with Gasteiger partial charge in [0.1, 0.15) is 0 Å². The molecule has 1 aliphatic rings. The Hall–Kier alpha value is -1.25. The number of thioether (sulfide) groups is 1. The first-order chi connectivity index (χ1) is 11.7. The zero-order valence-electron chi connectivity index (χ0n) is 14.5. The van der Waals surface area contributed by atoms with Crippen LogP contribution in [0.15, 0.2) is 65.6 Å². The van der Waals surface area contributed by atoms with Gasteiger partial charge in [-0.2, -0.15) is 0 Å². The Morgan fingerprint density at radius 2 is 1.75 bits per heavy atom. The van der Waals surface area contributed by atoms with Crippen molar-refractivity contribution in [3.63, 3.8) is 0 Å². The van der Waals surface area contributed by atoms with E-state index in [9.17, 15) is 5.11 Å². The molecule has 1 aliphatic carbocycles. The van der Waals surface area contributed by atoms with E-state index in [4.69, 9.17) is 0 Å². The highest BCUT2D eigenvalue weighted by Crippen LogP contribution is 2.61. The molecule has 0 aromatic heterocycles. The molecule has 0 heterocycles. The average Bonchev–Trinajstić information content (AvgIpc) is 3.33. The zero-order valence-corrected chi connectivity index (χ0v) is 15.3. The lowest BCUT2D eigenvalue weighted by Gasteiger charge is -2.24. The molecule has 2 aromatic carbocycles. The molecule has 1 fully saturated rings. The van der Waals surface area contributed by atoms with Crippen molar-refractivity contribution in [1.29, 1.82) is 0 Å². The molecule has 1 saturated carbocycles. The standard InChI is InChI=1S/C22H28OS/c1-2-3-14-21(23)22(24-20-12-8-5-9-13-20)17-19(22)16-15-18-10-6-4-7-11-18/h4-13,19,21,23H,2-3,14-17H2,1H3/t19-,21-,22+/m0/s1. The molecule has 0 spiro atoms. The molecule has 2 aromatic rings. The van der Waals surface area contributed by atoms with E-state index in [-0.39, 0.29) is 10.9 Å². The molecule has 1 nitrogen and oxygen atoms in total. The highest BCUT2D eigenvalue weighted by atomic mass is 32.2. The van der Waals surface area contributed by atoms with Gasteiger partial charge < -0.3 is 5.11 Å². The van der Waals surface area contributed by atoms with Crippen molar-refractivity contribution in [3.8, 4) is 0 Å². The van der Waals surface area contributed by atoms with Gasteiger partial charge in [0.2, 0.25) is 0 Å². The summed E-state index contributed by atoms with van der Waals surface area (Å²) in [5, 5.41) is 10.9. The first-order valence-corrected chi connectivity index (χ1v) is 10.0. The summed E-state index contributed by atoms with van der Waals surface area (Å²) in [5.41, 5.74) is 1.41. The molecule has 24 heavy (non-hydrogen) atoms. The van der Waals surface area contributed by atoms with Gasteiger partial charge in [-0.3, -0.25) is 0 Å². The van der Waals surface area contributed by atoms with Gasteiger partial charge in [-0.25, -0.2) is 0 Å². The molecule has 0 amide bonds. The van der Waals surface area contributed by atoms with E-state index in [1.54, 1.807) is 0 Å². The fourth-order valence-corrected chi connectivity index (χ4v) is 5.16. The van der Waals surface area contributed by atoms with Crippen LogP contribution in [0.3, 0.4) is 0 Å². The summed E-state index contributed by atoms with van der Waals surface area (Å²) >= 11 is 1.91. The van der Waals surface area contributed by atoms with E-state index >= 15 is 0 Å². The van der Waals surface area contributed by atoms with Crippen molar-refractivity contribution < 1.29 is 5.11 Å². The number of aliphatic hydroxyl groups is 1. The van der Waals surface area contributed by atoms with Crippen LogP contribution in [0.5, 0.6) is 0 Å². The number of benzene rings is 2. The van der Waals surface area contributed by atoms with Crippen molar-refractivity contribution in [2.45, 2.75) is 61.2 Å². The molecule has 0 bridgehead atoms. The summed E-state index contributed by atoms with van der Waals surface area (Å²) in [7, 11) is 0. The molecule has 0 radical (unpaired) electrons. The largest absolute Gasteiger partial charge is 0.392 e. The van der Waals surface area contributed by atoms with Crippen LogP contribution in [-0.4, -0.2) is 16.0 Å².